The van der Waals surface area contributed by atoms with Gasteiger partial charge in [0.2, 0.25) is 0 Å². The summed E-state index contributed by atoms with van der Waals surface area (Å²) in [5.74, 6) is -0.0684. The van der Waals surface area contributed by atoms with Crippen LogP contribution in [0.1, 0.15) is 35.2 Å². The minimum absolute atomic E-state index is 0.0510. The van der Waals surface area contributed by atoms with E-state index in [0.29, 0.717) is 18.1 Å². The second-order valence-electron chi connectivity index (χ2n) is 5.92. The van der Waals surface area contributed by atoms with E-state index in [1.165, 1.54) is 10.6 Å². The van der Waals surface area contributed by atoms with Gasteiger partial charge in [0.1, 0.15) is 11.2 Å². The zero-order chi connectivity index (χ0) is 15.7. The number of rotatable bonds is 3. The van der Waals surface area contributed by atoms with Gasteiger partial charge in [-0.3, -0.25) is 14.0 Å². The number of carbonyl (C=O) groups excluding carboxylic acids is 1. The van der Waals surface area contributed by atoms with Gasteiger partial charge in [-0.15, -0.1) is 0 Å². The van der Waals surface area contributed by atoms with Gasteiger partial charge in [-0.2, -0.15) is 0 Å². The predicted octanol–water partition coefficient (Wildman–Crippen LogP) is 0.860. The molecule has 0 spiro atoms. The standard InChI is InChI=1S/C16H20N4O2/c1-10-5-6-14-18-8-12(16(22)20(14)9-10)15(21)19-13-4-2-3-11(13)7-17/h5-6,8-9,11,13H,2-4,7,17H2,1H3,(H,19,21). The van der Waals surface area contributed by atoms with Gasteiger partial charge in [-0.25, -0.2) is 4.98 Å². The molecule has 2 unspecified atom stereocenters. The minimum Gasteiger partial charge on any atom is -0.349 e. The monoisotopic (exact) mass is 300 g/mol. The number of amides is 1. The van der Waals surface area contributed by atoms with Crippen LogP contribution >= 0.6 is 0 Å². The number of carbonyl (C=O) groups is 1. The van der Waals surface area contributed by atoms with E-state index in [4.69, 9.17) is 5.73 Å². The number of hydrogen-bond donors (Lipinski definition) is 2. The van der Waals surface area contributed by atoms with Crippen LogP contribution in [0, 0.1) is 12.8 Å². The molecular weight excluding hydrogens is 280 g/mol. The van der Waals surface area contributed by atoms with Crippen LogP contribution in [0.25, 0.3) is 5.65 Å². The molecule has 1 amide bonds. The highest BCUT2D eigenvalue weighted by Crippen LogP contribution is 2.24. The third kappa shape index (κ3) is 2.62. The van der Waals surface area contributed by atoms with Gasteiger partial charge < -0.3 is 11.1 Å². The number of fused-ring (bicyclic) bond motifs is 1. The Morgan fingerprint density at radius 3 is 3.05 bits per heavy atom. The van der Waals surface area contributed by atoms with Crippen molar-refractivity contribution in [1.29, 1.82) is 0 Å². The molecular formula is C16H20N4O2. The number of nitrogens with zero attached hydrogens (tertiary/aromatic N) is 2. The van der Waals surface area contributed by atoms with Crippen molar-refractivity contribution in [3.63, 3.8) is 0 Å². The number of pyridine rings is 1. The topological polar surface area (TPSA) is 89.5 Å². The van der Waals surface area contributed by atoms with Crippen molar-refractivity contribution in [1.82, 2.24) is 14.7 Å². The molecule has 1 aliphatic carbocycles. The van der Waals surface area contributed by atoms with Gasteiger partial charge in [-0.1, -0.05) is 12.5 Å². The van der Waals surface area contributed by atoms with Gasteiger partial charge in [0, 0.05) is 18.4 Å². The van der Waals surface area contributed by atoms with Crippen molar-refractivity contribution in [2.75, 3.05) is 6.54 Å². The Morgan fingerprint density at radius 2 is 2.27 bits per heavy atom. The maximum Gasteiger partial charge on any atom is 0.270 e. The lowest BCUT2D eigenvalue weighted by atomic mass is 10.0. The largest absolute Gasteiger partial charge is 0.349 e. The maximum atomic E-state index is 12.5. The van der Waals surface area contributed by atoms with Gasteiger partial charge in [0.25, 0.3) is 11.5 Å². The molecule has 6 heteroatoms. The lowest BCUT2D eigenvalue weighted by Crippen LogP contribution is -2.42. The van der Waals surface area contributed by atoms with E-state index in [0.717, 1.165) is 24.8 Å². The number of aromatic nitrogens is 2. The van der Waals surface area contributed by atoms with Gasteiger partial charge in [0.05, 0.1) is 0 Å². The van der Waals surface area contributed by atoms with E-state index in [-0.39, 0.29) is 23.1 Å². The highest BCUT2D eigenvalue weighted by atomic mass is 16.2. The fraction of sp³-hybridized carbons (Fsp3) is 0.438. The van der Waals surface area contributed by atoms with Crippen molar-refractivity contribution in [2.45, 2.75) is 32.2 Å². The first-order chi connectivity index (χ1) is 10.6. The fourth-order valence-corrected chi connectivity index (χ4v) is 3.09. The molecule has 1 aliphatic rings. The second-order valence-corrected chi connectivity index (χ2v) is 5.92. The molecule has 0 radical (unpaired) electrons. The summed E-state index contributed by atoms with van der Waals surface area (Å²) in [7, 11) is 0. The molecule has 116 valence electrons. The lowest BCUT2D eigenvalue weighted by molar-refractivity contribution is 0.0926. The van der Waals surface area contributed by atoms with Crippen molar-refractivity contribution in [3.8, 4) is 0 Å². The fourth-order valence-electron chi connectivity index (χ4n) is 3.09. The maximum absolute atomic E-state index is 12.5. The average molecular weight is 300 g/mol. The summed E-state index contributed by atoms with van der Waals surface area (Å²) in [6.45, 7) is 2.45. The van der Waals surface area contributed by atoms with Gasteiger partial charge in [0.15, 0.2) is 0 Å². The molecule has 1 saturated carbocycles. The molecule has 0 aromatic carbocycles. The highest BCUT2D eigenvalue weighted by molar-refractivity contribution is 5.94. The van der Waals surface area contributed by atoms with Crippen molar-refractivity contribution >= 4 is 11.6 Å². The zero-order valence-corrected chi connectivity index (χ0v) is 12.6. The number of nitrogens with one attached hydrogen (secondary N) is 1. The number of hydrogen-bond acceptors (Lipinski definition) is 4. The molecule has 2 aromatic rings. The smallest absolute Gasteiger partial charge is 0.270 e. The summed E-state index contributed by atoms with van der Waals surface area (Å²) in [6, 6.07) is 3.70. The normalized spacial score (nSPS) is 21.2. The van der Waals surface area contributed by atoms with E-state index in [2.05, 4.69) is 10.3 Å². The highest BCUT2D eigenvalue weighted by Gasteiger charge is 2.28. The van der Waals surface area contributed by atoms with Crippen LogP contribution in [-0.2, 0) is 0 Å². The molecule has 3 rings (SSSR count). The molecule has 2 aromatic heterocycles. The third-order valence-corrected chi connectivity index (χ3v) is 4.37. The van der Waals surface area contributed by atoms with Crippen molar-refractivity contribution in [2.24, 2.45) is 11.7 Å². The molecule has 0 saturated heterocycles. The summed E-state index contributed by atoms with van der Waals surface area (Å²) in [5.41, 5.74) is 6.94. The van der Waals surface area contributed by atoms with Crippen LogP contribution in [0.15, 0.2) is 29.3 Å². The predicted molar refractivity (Wildman–Crippen MR) is 83.8 cm³/mol. The van der Waals surface area contributed by atoms with Gasteiger partial charge in [-0.05, 0) is 43.9 Å². The molecule has 22 heavy (non-hydrogen) atoms. The Hall–Kier alpha value is -2.21. The summed E-state index contributed by atoms with van der Waals surface area (Å²) >= 11 is 0. The molecule has 6 nitrogen and oxygen atoms in total. The Kier molecular flexibility index (Phi) is 3.94. The lowest BCUT2D eigenvalue weighted by Gasteiger charge is -2.19. The Bertz CT molecular complexity index is 768. The van der Waals surface area contributed by atoms with Crippen LogP contribution in [0.5, 0.6) is 0 Å². The van der Waals surface area contributed by atoms with E-state index < -0.39 is 0 Å². The minimum atomic E-state index is -0.362. The van der Waals surface area contributed by atoms with E-state index in [1.54, 1.807) is 12.3 Å². The third-order valence-electron chi connectivity index (χ3n) is 4.37. The first kappa shape index (κ1) is 14.7. The molecule has 1 fully saturated rings. The molecule has 0 aliphatic heterocycles. The summed E-state index contributed by atoms with van der Waals surface area (Å²) in [5, 5.41) is 2.94. The van der Waals surface area contributed by atoms with Crippen LogP contribution in [0.4, 0.5) is 0 Å². The molecule has 0 bridgehead atoms. The SMILES string of the molecule is Cc1ccc2ncc(C(=O)NC3CCCC3CN)c(=O)n2c1. The quantitative estimate of drug-likeness (QED) is 0.880. The number of aryl methyl sites for hydroxylation is 1. The van der Waals surface area contributed by atoms with Crippen LogP contribution < -0.4 is 16.6 Å². The van der Waals surface area contributed by atoms with E-state index in [1.807, 2.05) is 13.0 Å². The molecule has 2 atom stereocenters. The van der Waals surface area contributed by atoms with Crippen LogP contribution in [-0.4, -0.2) is 27.9 Å². The molecule has 2 heterocycles. The first-order valence-electron chi connectivity index (χ1n) is 7.59. The van der Waals surface area contributed by atoms with Crippen LogP contribution in [0.2, 0.25) is 0 Å². The number of nitrogens with two attached hydrogens (primary N) is 1. The van der Waals surface area contributed by atoms with E-state index >= 15 is 0 Å². The average Bonchev–Trinajstić information content (AvgIpc) is 2.95. The summed E-state index contributed by atoms with van der Waals surface area (Å²) in [6.07, 6.45) is 6.04. The summed E-state index contributed by atoms with van der Waals surface area (Å²) in [4.78, 5) is 29.1. The van der Waals surface area contributed by atoms with E-state index in [9.17, 15) is 9.59 Å². The van der Waals surface area contributed by atoms with Crippen LogP contribution in [0.3, 0.4) is 0 Å². The van der Waals surface area contributed by atoms with Crippen molar-refractivity contribution in [3.05, 3.63) is 46.0 Å². The second kappa shape index (κ2) is 5.88. The van der Waals surface area contributed by atoms with Gasteiger partial charge >= 0.3 is 0 Å². The Labute approximate surface area is 128 Å². The first-order valence-corrected chi connectivity index (χ1v) is 7.59. The van der Waals surface area contributed by atoms with Crippen molar-refractivity contribution < 1.29 is 4.79 Å². The Balaban J connectivity index is 1.91. The zero-order valence-electron chi connectivity index (χ0n) is 12.6. The summed E-state index contributed by atoms with van der Waals surface area (Å²) < 4.78 is 1.42. The molecule has 3 N–H and O–H groups in total. The Morgan fingerprint density at radius 1 is 1.45 bits per heavy atom.